The maximum atomic E-state index is 13.0. The fourth-order valence-corrected chi connectivity index (χ4v) is 5.77. The van der Waals surface area contributed by atoms with E-state index in [-0.39, 0.29) is 29.9 Å². The monoisotopic (exact) mass is 383 g/mol. The van der Waals surface area contributed by atoms with Gasteiger partial charge in [-0.1, -0.05) is 32.0 Å². The number of nitrogens with one attached hydrogen (secondary N) is 2. The summed E-state index contributed by atoms with van der Waals surface area (Å²) in [6.07, 6.45) is 4.89. The van der Waals surface area contributed by atoms with E-state index in [2.05, 4.69) is 53.3 Å². The minimum absolute atomic E-state index is 0.0682. The van der Waals surface area contributed by atoms with E-state index < -0.39 is 0 Å². The van der Waals surface area contributed by atoms with Crippen LogP contribution in [0, 0.1) is 11.3 Å². The van der Waals surface area contributed by atoms with E-state index in [9.17, 15) is 4.79 Å². The standard InChI is InChI=1S/C23H33N3O2/c1-3-23(16(2)22(28)24-12-7-15-27)11-6-13-26-14-10-18-17-8-4-5-9-19(17)25-20(18)21(23)26/h4-5,8-9,16,21,25,27H,3,6-7,10-15H2,1-2H3,(H,24,28)/t16?,21-,23+/m1/s1. The van der Waals surface area contributed by atoms with E-state index in [1.807, 2.05) is 0 Å². The van der Waals surface area contributed by atoms with Gasteiger partial charge in [-0.25, -0.2) is 0 Å². The number of benzene rings is 1. The van der Waals surface area contributed by atoms with Gasteiger partial charge in [0.05, 0.1) is 6.04 Å². The van der Waals surface area contributed by atoms with Crippen LogP contribution in [-0.2, 0) is 11.2 Å². The Morgan fingerprint density at radius 1 is 1.39 bits per heavy atom. The number of para-hydroxylation sites is 1. The van der Waals surface area contributed by atoms with E-state index in [1.54, 1.807) is 0 Å². The molecule has 4 rings (SSSR count). The summed E-state index contributed by atoms with van der Waals surface area (Å²) in [6.45, 7) is 7.20. The van der Waals surface area contributed by atoms with Crippen LogP contribution in [-0.4, -0.2) is 47.1 Å². The first-order chi connectivity index (χ1) is 13.6. The maximum Gasteiger partial charge on any atom is 0.223 e. The van der Waals surface area contributed by atoms with Crippen LogP contribution in [0.5, 0.6) is 0 Å². The third-order valence-corrected chi connectivity index (χ3v) is 7.31. The number of H-pyrrole nitrogens is 1. The summed E-state index contributed by atoms with van der Waals surface area (Å²) in [4.78, 5) is 19.4. The number of aromatic amines is 1. The molecule has 2 aromatic rings. The Kier molecular flexibility index (Phi) is 5.48. The van der Waals surface area contributed by atoms with Crippen LogP contribution >= 0.6 is 0 Å². The van der Waals surface area contributed by atoms with Gasteiger partial charge < -0.3 is 15.4 Å². The second-order valence-corrected chi connectivity index (χ2v) is 8.53. The molecule has 1 saturated heterocycles. The molecular weight excluding hydrogens is 350 g/mol. The number of hydrogen-bond donors (Lipinski definition) is 3. The summed E-state index contributed by atoms with van der Waals surface area (Å²) < 4.78 is 0. The number of rotatable bonds is 6. The predicted octanol–water partition coefficient (Wildman–Crippen LogP) is 3.39. The van der Waals surface area contributed by atoms with Crippen LogP contribution in [0.4, 0.5) is 0 Å². The van der Waals surface area contributed by atoms with E-state index >= 15 is 0 Å². The molecule has 1 unspecified atom stereocenters. The van der Waals surface area contributed by atoms with Crippen LogP contribution in [0.3, 0.4) is 0 Å². The number of fused-ring (bicyclic) bond motifs is 5. The van der Waals surface area contributed by atoms with Gasteiger partial charge in [-0.3, -0.25) is 9.69 Å². The molecule has 152 valence electrons. The van der Waals surface area contributed by atoms with Gasteiger partial charge >= 0.3 is 0 Å². The maximum absolute atomic E-state index is 13.0. The Labute approximate surface area is 167 Å². The molecule has 3 N–H and O–H groups in total. The normalized spacial score (nSPS) is 25.9. The smallest absolute Gasteiger partial charge is 0.223 e. The molecule has 0 spiro atoms. The number of amides is 1. The number of hydrogen-bond acceptors (Lipinski definition) is 3. The molecule has 0 aliphatic carbocycles. The topological polar surface area (TPSA) is 68.4 Å². The van der Waals surface area contributed by atoms with E-state index in [4.69, 9.17) is 5.11 Å². The Morgan fingerprint density at radius 3 is 3.00 bits per heavy atom. The fraction of sp³-hybridized carbons (Fsp3) is 0.609. The van der Waals surface area contributed by atoms with Crippen molar-refractivity contribution < 1.29 is 9.90 Å². The van der Waals surface area contributed by atoms with Crippen LogP contribution in [0.2, 0.25) is 0 Å². The number of carbonyl (C=O) groups is 1. The van der Waals surface area contributed by atoms with Crippen molar-refractivity contribution in [3.63, 3.8) is 0 Å². The van der Waals surface area contributed by atoms with Gasteiger partial charge in [0.25, 0.3) is 0 Å². The van der Waals surface area contributed by atoms with Crippen molar-refractivity contribution in [1.82, 2.24) is 15.2 Å². The van der Waals surface area contributed by atoms with Gasteiger partial charge in [-0.15, -0.1) is 0 Å². The first-order valence-electron chi connectivity index (χ1n) is 10.8. The molecule has 5 heteroatoms. The highest BCUT2D eigenvalue weighted by Gasteiger charge is 2.52. The summed E-state index contributed by atoms with van der Waals surface area (Å²) in [5.74, 6) is 0.0572. The zero-order valence-electron chi connectivity index (χ0n) is 17.1. The molecule has 2 aliphatic heterocycles. The lowest BCUT2D eigenvalue weighted by Gasteiger charge is -2.54. The van der Waals surface area contributed by atoms with Gasteiger partial charge in [0.15, 0.2) is 0 Å². The van der Waals surface area contributed by atoms with Crippen LogP contribution in [0.15, 0.2) is 24.3 Å². The summed E-state index contributed by atoms with van der Waals surface area (Å²) in [6, 6.07) is 8.86. The molecular formula is C23H33N3O2. The van der Waals surface area contributed by atoms with Crippen molar-refractivity contribution in [3.8, 4) is 0 Å². The summed E-state index contributed by atoms with van der Waals surface area (Å²) in [7, 11) is 0. The Balaban J connectivity index is 1.73. The minimum atomic E-state index is -0.0718. The molecule has 0 saturated carbocycles. The summed E-state index contributed by atoms with van der Waals surface area (Å²) in [5.41, 5.74) is 3.93. The molecule has 1 fully saturated rings. The van der Waals surface area contributed by atoms with Crippen molar-refractivity contribution >= 4 is 16.8 Å². The Morgan fingerprint density at radius 2 is 2.21 bits per heavy atom. The predicted molar refractivity (Wildman–Crippen MR) is 112 cm³/mol. The van der Waals surface area contributed by atoms with Gasteiger partial charge in [0, 0.05) is 47.6 Å². The zero-order valence-corrected chi connectivity index (χ0v) is 17.1. The molecule has 1 aromatic carbocycles. The lowest BCUT2D eigenvalue weighted by atomic mass is 9.61. The van der Waals surface area contributed by atoms with Crippen LogP contribution in [0.1, 0.15) is 56.8 Å². The molecule has 1 aromatic heterocycles. The van der Waals surface area contributed by atoms with Gasteiger partial charge in [0.2, 0.25) is 5.91 Å². The largest absolute Gasteiger partial charge is 0.396 e. The number of carbonyl (C=O) groups excluding carboxylic acids is 1. The number of aliphatic hydroxyl groups excluding tert-OH is 1. The number of aromatic nitrogens is 1. The average molecular weight is 384 g/mol. The van der Waals surface area contributed by atoms with E-state index in [1.165, 1.54) is 22.2 Å². The second kappa shape index (κ2) is 7.88. The highest BCUT2D eigenvalue weighted by molar-refractivity contribution is 5.85. The minimum Gasteiger partial charge on any atom is -0.396 e. The molecule has 5 nitrogen and oxygen atoms in total. The molecule has 0 radical (unpaired) electrons. The van der Waals surface area contributed by atoms with Crippen LogP contribution < -0.4 is 5.32 Å². The average Bonchev–Trinajstić information content (AvgIpc) is 3.11. The van der Waals surface area contributed by atoms with Crippen molar-refractivity contribution in [2.45, 2.75) is 52.0 Å². The third-order valence-electron chi connectivity index (χ3n) is 7.31. The van der Waals surface area contributed by atoms with Crippen molar-refractivity contribution in [3.05, 3.63) is 35.5 Å². The molecule has 3 heterocycles. The van der Waals surface area contributed by atoms with Crippen molar-refractivity contribution in [2.75, 3.05) is 26.2 Å². The number of aliphatic hydroxyl groups is 1. The lowest BCUT2D eigenvalue weighted by Crippen LogP contribution is -2.54. The molecule has 28 heavy (non-hydrogen) atoms. The highest BCUT2D eigenvalue weighted by atomic mass is 16.3. The molecule has 0 bridgehead atoms. The van der Waals surface area contributed by atoms with Gasteiger partial charge in [-0.05, 0) is 50.3 Å². The SMILES string of the molecule is CC[C@@]1(C(C)C(=O)NCCCO)CCCN2CCc3c([nH]c4ccccc34)[C@@H]21. The summed E-state index contributed by atoms with van der Waals surface area (Å²) in [5, 5.41) is 13.4. The second-order valence-electron chi connectivity index (χ2n) is 8.53. The van der Waals surface area contributed by atoms with Gasteiger partial charge in [-0.2, -0.15) is 0 Å². The van der Waals surface area contributed by atoms with E-state index in [0.29, 0.717) is 13.0 Å². The van der Waals surface area contributed by atoms with Gasteiger partial charge in [0.1, 0.15) is 0 Å². The van der Waals surface area contributed by atoms with Crippen LogP contribution in [0.25, 0.3) is 10.9 Å². The molecule has 3 atom stereocenters. The first kappa shape index (κ1) is 19.5. The number of piperidine rings is 1. The zero-order chi connectivity index (χ0) is 19.7. The number of nitrogens with zero attached hydrogens (tertiary/aromatic N) is 1. The lowest BCUT2D eigenvalue weighted by molar-refractivity contribution is -0.134. The van der Waals surface area contributed by atoms with E-state index in [0.717, 1.165) is 38.8 Å². The first-order valence-corrected chi connectivity index (χ1v) is 10.8. The quantitative estimate of drug-likeness (QED) is 0.670. The highest BCUT2D eigenvalue weighted by Crippen LogP contribution is 2.55. The van der Waals surface area contributed by atoms with Crippen molar-refractivity contribution in [2.24, 2.45) is 11.3 Å². The van der Waals surface area contributed by atoms with Crippen molar-refractivity contribution in [1.29, 1.82) is 0 Å². The Bertz CT molecular complexity index is 845. The third kappa shape index (κ3) is 3.05. The molecule has 1 amide bonds. The fourth-order valence-electron chi connectivity index (χ4n) is 5.77. The Hall–Kier alpha value is -1.85. The summed E-state index contributed by atoms with van der Waals surface area (Å²) >= 11 is 0. The molecule has 2 aliphatic rings.